The van der Waals surface area contributed by atoms with Gasteiger partial charge in [-0.3, -0.25) is 14.9 Å². The molecule has 0 unspecified atom stereocenters. The number of aryl methyl sites for hydroxylation is 1. The molecule has 3 rings (SSSR count). The summed E-state index contributed by atoms with van der Waals surface area (Å²) in [6, 6.07) is 13.6. The molecule has 0 fully saturated rings. The highest BCUT2D eigenvalue weighted by molar-refractivity contribution is 5.67. The van der Waals surface area contributed by atoms with Crippen molar-refractivity contribution in [1.29, 1.82) is 0 Å². The number of carbonyl (C=O) groups is 1. The van der Waals surface area contributed by atoms with Crippen molar-refractivity contribution in [3.05, 3.63) is 66.0 Å². The lowest BCUT2D eigenvalue weighted by atomic mass is 10.0. The summed E-state index contributed by atoms with van der Waals surface area (Å²) in [5.74, 6) is -0.0647. The molecule has 2 aromatic heterocycles. The quantitative estimate of drug-likeness (QED) is 0.659. The number of carboxylic acids is 1. The molecule has 0 atom stereocenters. The van der Waals surface area contributed by atoms with Gasteiger partial charge in [-0.2, -0.15) is 5.10 Å². The smallest absolute Gasteiger partial charge is 0.303 e. The lowest BCUT2D eigenvalue weighted by Crippen LogP contribution is -2.03. The Kier molecular flexibility index (Phi) is 5.41. The highest BCUT2D eigenvalue weighted by Crippen LogP contribution is 2.17. The fourth-order valence-corrected chi connectivity index (χ4v) is 2.50. The number of aromatic amines is 1. The van der Waals surface area contributed by atoms with Crippen LogP contribution in [0.4, 0.5) is 0 Å². The first-order valence-electron chi connectivity index (χ1n) is 8.09. The maximum Gasteiger partial charge on any atom is 0.303 e. The number of carboxylic acid groups (broad SMARTS) is 1. The molecule has 1 aromatic carbocycles. The molecule has 3 aromatic rings. The Hall–Kier alpha value is -3.15. The van der Waals surface area contributed by atoms with Crippen molar-refractivity contribution in [1.82, 2.24) is 15.2 Å². The summed E-state index contributed by atoms with van der Waals surface area (Å²) in [6.07, 6.45) is 4.83. The van der Waals surface area contributed by atoms with Gasteiger partial charge >= 0.3 is 5.97 Å². The number of ether oxygens (including phenoxy) is 1. The molecular weight excluding hydrogens is 318 g/mol. The maximum atomic E-state index is 10.7. The van der Waals surface area contributed by atoms with Gasteiger partial charge in [-0.15, -0.1) is 0 Å². The van der Waals surface area contributed by atoms with Crippen molar-refractivity contribution in [2.45, 2.75) is 19.3 Å². The van der Waals surface area contributed by atoms with Gasteiger partial charge in [0.05, 0.1) is 24.2 Å². The van der Waals surface area contributed by atoms with Gasteiger partial charge in [0, 0.05) is 19.0 Å². The van der Waals surface area contributed by atoms with Crippen LogP contribution in [0.1, 0.15) is 17.5 Å². The minimum absolute atomic E-state index is 0.147. The first kappa shape index (κ1) is 16.7. The van der Waals surface area contributed by atoms with E-state index in [1.165, 1.54) is 0 Å². The van der Waals surface area contributed by atoms with Crippen molar-refractivity contribution >= 4 is 5.97 Å². The van der Waals surface area contributed by atoms with E-state index in [1.54, 1.807) is 12.4 Å². The zero-order chi connectivity index (χ0) is 17.5. The maximum absolute atomic E-state index is 10.7. The fourth-order valence-electron chi connectivity index (χ4n) is 2.50. The van der Waals surface area contributed by atoms with Crippen molar-refractivity contribution in [2.24, 2.45) is 0 Å². The number of hydrogen-bond acceptors (Lipinski definition) is 4. The summed E-state index contributed by atoms with van der Waals surface area (Å²) in [5, 5.41) is 15.5. The largest absolute Gasteiger partial charge is 0.492 e. The Bertz CT molecular complexity index is 814. The number of H-pyrrole nitrogens is 1. The summed E-state index contributed by atoms with van der Waals surface area (Å²) >= 11 is 0. The van der Waals surface area contributed by atoms with Gasteiger partial charge in [-0.05, 0) is 35.7 Å². The van der Waals surface area contributed by atoms with E-state index in [9.17, 15) is 4.79 Å². The highest BCUT2D eigenvalue weighted by atomic mass is 16.5. The minimum Gasteiger partial charge on any atom is -0.492 e. The molecule has 128 valence electrons. The monoisotopic (exact) mass is 337 g/mol. The Morgan fingerprint density at radius 1 is 1.12 bits per heavy atom. The van der Waals surface area contributed by atoms with Crippen molar-refractivity contribution in [3.8, 4) is 17.1 Å². The van der Waals surface area contributed by atoms with Crippen molar-refractivity contribution < 1.29 is 14.6 Å². The normalized spacial score (nSPS) is 10.6. The molecule has 0 aliphatic heterocycles. The third kappa shape index (κ3) is 4.91. The minimum atomic E-state index is -0.778. The van der Waals surface area contributed by atoms with Gasteiger partial charge in [0.25, 0.3) is 0 Å². The van der Waals surface area contributed by atoms with Crippen LogP contribution in [0.2, 0.25) is 0 Å². The summed E-state index contributed by atoms with van der Waals surface area (Å²) in [4.78, 5) is 15.0. The second-order valence-electron chi connectivity index (χ2n) is 5.66. The van der Waals surface area contributed by atoms with Crippen LogP contribution in [0.15, 0.2) is 54.9 Å². The Balaban J connectivity index is 1.51. The number of rotatable bonds is 8. The number of nitrogens with zero attached hydrogens (tertiary/aromatic N) is 2. The van der Waals surface area contributed by atoms with E-state index >= 15 is 0 Å². The van der Waals surface area contributed by atoms with Crippen LogP contribution in [0.5, 0.6) is 5.75 Å². The Morgan fingerprint density at radius 3 is 2.64 bits per heavy atom. The van der Waals surface area contributed by atoms with Crippen LogP contribution in [-0.2, 0) is 17.6 Å². The molecule has 25 heavy (non-hydrogen) atoms. The molecule has 6 nitrogen and oxygen atoms in total. The third-order valence-electron chi connectivity index (χ3n) is 3.79. The first-order chi connectivity index (χ1) is 12.2. The number of nitrogens with one attached hydrogen (secondary N) is 1. The van der Waals surface area contributed by atoms with Crippen molar-refractivity contribution in [2.75, 3.05) is 6.61 Å². The van der Waals surface area contributed by atoms with E-state index < -0.39 is 5.97 Å². The molecule has 6 heteroatoms. The zero-order valence-corrected chi connectivity index (χ0v) is 13.7. The second-order valence-corrected chi connectivity index (χ2v) is 5.66. The molecule has 0 bridgehead atoms. The van der Waals surface area contributed by atoms with Crippen LogP contribution >= 0.6 is 0 Å². The molecule has 0 saturated carbocycles. The number of hydrogen-bond donors (Lipinski definition) is 2. The molecule has 0 saturated heterocycles. The van der Waals surface area contributed by atoms with E-state index in [-0.39, 0.29) is 6.42 Å². The Morgan fingerprint density at radius 2 is 1.96 bits per heavy atom. The van der Waals surface area contributed by atoms with E-state index in [2.05, 4.69) is 15.2 Å². The second kappa shape index (κ2) is 8.10. The van der Waals surface area contributed by atoms with Crippen LogP contribution in [0, 0.1) is 0 Å². The average molecular weight is 337 g/mol. The van der Waals surface area contributed by atoms with Gasteiger partial charge in [0.15, 0.2) is 0 Å². The van der Waals surface area contributed by atoms with Crippen LogP contribution in [-0.4, -0.2) is 32.9 Å². The lowest BCUT2D eigenvalue weighted by molar-refractivity contribution is -0.136. The van der Waals surface area contributed by atoms with Crippen molar-refractivity contribution in [3.63, 3.8) is 0 Å². The summed E-state index contributed by atoms with van der Waals surface area (Å²) < 4.78 is 5.74. The van der Waals surface area contributed by atoms with E-state index in [4.69, 9.17) is 9.84 Å². The van der Waals surface area contributed by atoms with Gasteiger partial charge in [0.2, 0.25) is 0 Å². The average Bonchev–Trinajstić information content (AvgIpc) is 3.16. The Labute approximate surface area is 145 Å². The van der Waals surface area contributed by atoms with Gasteiger partial charge in [-0.25, -0.2) is 0 Å². The molecule has 0 amide bonds. The van der Waals surface area contributed by atoms with Crippen LogP contribution in [0.3, 0.4) is 0 Å². The lowest BCUT2D eigenvalue weighted by Gasteiger charge is -2.08. The third-order valence-corrected chi connectivity index (χ3v) is 3.79. The van der Waals surface area contributed by atoms with Crippen LogP contribution in [0.25, 0.3) is 11.4 Å². The number of pyridine rings is 1. The molecule has 2 N–H and O–H groups in total. The fraction of sp³-hybridized carbons (Fsp3) is 0.211. The van der Waals surface area contributed by atoms with E-state index in [1.807, 2.05) is 42.5 Å². The summed E-state index contributed by atoms with van der Waals surface area (Å²) in [5.41, 5.74) is 3.84. The van der Waals surface area contributed by atoms with Crippen LogP contribution < -0.4 is 4.74 Å². The zero-order valence-electron chi connectivity index (χ0n) is 13.7. The SMILES string of the molecule is O=C(O)CCc1cccc(CCOc2ccc(-c3ccn[nH]3)nc2)c1. The molecule has 2 heterocycles. The number of aliphatic carboxylic acids is 1. The van der Waals surface area contributed by atoms with E-state index in [0.717, 1.165) is 28.9 Å². The molecule has 0 aliphatic carbocycles. The molecule has 0 spiro atoms. The predicted molar refractivity (Wildman–Crippen MR) is 93.4 cm³/mol. The molecule has 0 radical (unpaired) electrons. The van der Waals surface area contributed by atoms with E-state index in [0.29, 0.717) is 18.8 Å². The first-order valence-corrected chi connectivity index (χ1v) is 8.09. The van der Waals surface area contributed by atoms with Gasteiger partial charge in [0.1, 0.15) is 5.75 Å². The van der Waals surface area contributed by atoms with Gasteiger partial charge < -0.3 is 9.84 Å². The predicted octanol–water partition coefficient (Wildman–Crippen LogP) is 3.11. The number of aromatic nitrogens is 3. The highest BCUT2D eigenvalue weighted by Gasteiger charge is 2.03. The molecule has 0 aliphatic rings. The van der Waals surface area contributed by atoms with Gasteiger partial charge in [-0.1, -0.05) is 24.3 Å². The number of benzene rings is 1. The standard InChI is InChI=1S/C19H19N3O3/c23-19(24)7-4-14-2-1-3-15(12-14)9-11-25-16-5-6-17(20-13-16)18-8-10-21-22-18/h1-3,5-6,8,10,12-13H,4,7,9,11H2,(H,21,22)(H,23,24). The summed E-state index contributed by atoms with van der Waals surface area (Å²) in [7, 11) is 0. The summed E-state index contributed by atoms with van der Waals surface area (Å²) in [6.45, 7) is 0.535. The molecular formula is C19H19N3O3. The topological polar surface area (TPSA) is 88.1 Å².